The quantitative estimate of drug-likeness (QED) is 0.374. The number of rotatable bonds is 5. The number of methoxy groups -OCH3 is 2. The summed E-state index contributed by atoms with van der Waals surface area (Å²) in [6.45, 7) is 1.87. The average molecular weight is 498 g/mol. The van der Waals surface area contributed by atoms with Crippen molar-refractivity contribution in [3.8, 4) is 0 Å². The molecule has 1 unspecified atom stereocenters. The first-order valence-corrected chi connectivity index (χ1v) is 12.8. The standard InChI is InChI=1S/C24H35NO8S/c1-19-9-11-21(12-10-19)34(29,30)25-15-7-4-5-13-24(22(27)31-2,23(28)32-3)14-6-8-16-33-18-20(25)17-26/h4-5,9-12,20,26H,6-8,13-18H2,1-3H3/b5-4+. The van der Waals surface area contributed by atoms with E-state index in [1.807, 2.05) is 6.92 Å². The minimum absolute atomic E-state index is 0.0183. The normalized spacial score (nSPS) is 21.7. The van der Waals surface area contributed by atoms with Crippen LogP contribution in [0.15, 0.2) is 41.3 Å². The number of benzene rings is 1. The van der Waals surface area contributed by atoms with Crippen molar-refractivity contribution >= 4 is 22.0 Å². The first-order valence-electron chi connectivity index (χ1n) is 11.3. The zero-order valence-electron chi connectivity index (χ0n) is 20.1. The Bertz CT molecular complexity index is 926. The van der Waals surface area contributed by atoms with Gasteiger partial charge in [0.1, 0.15) is 0 Å². The Morgan fingerprint density at radius 2 is 1.76 bits per heavy atom. The molecule has 1 aliphatic rings. The van der Waals surface area contributed by atoms with Crippen molar-refractivity contribution in [2.75, 3.05) is 40.6 Å². The van der Waals surface area contributed by atoms with Crippen LogP contribution in [-0.2, 0) is 33.8 Å². The number of hydrogen-bond acceptors (Lipinski definition) is 8. The third-order valence-electron chi connectivity index (χ3n) is 6.00. The molecule has 190 valence electrons. The zero-order chi connectivity index (χ0) is 25.2. The second kappa shape index (κ2) is 13.0. The number of hydrogen-bond donors (Lipinski definition) is 1. The maximum Gasteiger partial charge on any atom is 0.323 e. The summed E-state index contributed by atoms with van der Waals surface area (Å²) in [6.07, 6.45) is 5.04. The van der Waals surface area contributed by atoms with E-state index in [0.717, 1.165) is 5.56 Å². The highest BCUT2D eigenvalue weighted by Gasteiger charge is 2.47. The van der Waals surface area contributed by atoms with Crippen LogP contribution in [-0.4, -0.2) is 76.4 Å². The highest BCUT2D eigenvalue weighted by Crippen LogP contribution is 2.33. The van der Waals surface area contributed by atoms with Crippen molar-refractivity contribution in [3.05, 3.63) is 42.0 Å². The summed E-state index contributed by atoms with van der Waals surface area (Å²) in [4.78, 5) is 25.3. The fourth-order valence-electron chi connectivity index (χ4n) is 3.97. The molecule has 1 aromatic rings. The number of carbonyl (C=O) groups is 2. The Labute approximate surface area is 201 Å². The summed E-state index contributed by atoms with van der Waals surface area (Å²) in [5.74, 6) is -1.33. The summed E-state index contributed by atoms with van der Waals surface area (Å²) >= 11 is 0. The maximum atomic E-state index is 13.4. The molecule has 0 amide bonds. The van der Waals surface area contributed by atoms with Crippen LogP contribution in [0.3, 0.4) is 0 Å². The van der Waals surface area contributed by atoms with Gasteiger partial charge in [0.05, 0.1) is 38.4 Å². The van der Waals surface area contributed by atoms with Gasteiger partial charge in [-0.25, -0.2) is 8.42 Å². The number of esters is 2. The highest BCUT2D eigenvalue weighted by atomic mass is 32.2. The Balaban J connectivity index is 2.34. The number of aryl methyl sites for hydroxylation is 1. The summed E-state index contributed by atoms with van der Waals surface area (Å²) in [7, 11) is -1.43. The number of aliphatic hydroxyl groups excluding tert-OH is 1. The molecule has 0 radical (unpaired) electrons. The molecule has 0 bridgehead atoms. The lowest BCUT2D eigenvalue weighted by Crippen LogP contribution is -2.45. The maximum absolute atomic E-state index is 13.4. The van der Waals surface area contributed by atoms with Gasteiger partial charge in [0, 0.05) is 13.2 Å². The first kappa shape index (κ1) is 28.0. The van der Waals surface area contributed by atoms with Crippen LogP contribution in [0.25, 0.3) is 0 Å². The smallest absolute Gasteiger partial charge is 0.323 e. The lowest BCUT2D eigenvalue weighted by atomic mass is 9.79. The first-order chi connectivity index (χ1) is 16.2. The summed E-state index contributed by atoms with van der Waals surface area (Å²) < 4.78 is 43.5. The number of sulfonamides is 1. The van der Waals surface area contributed by atoms with Crippen LogP contribution in [0.4, 0.5) is 0 Å². The van der Waals surface area contributed by atoms with E-state index in [4.69, 9.17) is 14.2 Å². The minimum Gasteiger partial charge on any atom is -0.468 e. The van der Waals surface area contributed by atoms with Crippen LogP contribution >= 0.6 is 0 Å². The topological polar surface area (TPSA) is 119 Å². The number of carbonyl (C=O) groups excluding carboxylic acids is 2. The summed E-state index contributed by atoms with van der Waals surface area (Å²) in [6, 6.07) is 5.79. The summed E-state index contributed by atoms with van der Waals surface area (Å²) in [5.41, 5.74) is -0.532. The fourth-order valence-corrected chi connectivity index (χ4v) is 5.59. The van der Waals surface area contributed by atoms with Crippen LogP contribution in [0.2, 0.25) is 0 Å². The van der Waals surface area contributed by atoms with Gasteiger partial charge in [-0.2, -0.15) is 4.31 Å². The molecule has 0 fully saturated rings. The van der Waals surface area contributed by atoms with E-state index in [9.17, 15) is 23.1 Å². The average Bonchev–Trinajstić information content (AvgIpc) is 2.84. The van der Waals surface area contributed by atoms with Gasteiger partial charge in [0.2, 0.25) is 10.0 Å². The van der Waals surface area contributed by atoms with E-state index in [-0.39, 0.29) is 44.1 Å². The monoisotopic (exact) mass is 497 g/mol. The molecule has 1 atom stereocenters. The predicted octanol–water partition coefficient (Wildman–Crippen LogP) is 2.22. The Morgan fingerprint density at radius 3 is 2.35 bits per heavy atom. The third-order valence-corrected chi connectivity index (χ3v) is 7.97. The molecule has 1 aliphatic heterocycles. The molecule has 9 nitrogen and oxygen atoms in total. The van der Waals surface area contributed by atoms with Gasteiger partial charge in [-0.1, -0.05) is 29.8 Å². The highest BCUT2D eigenvalue weighted by molar-refractivity contribution is 7.89. The van der Waals surface area contributed by atoms with Crippen molar-refractivity contribution in [2.24, 2.45) is 5.41 Å². The van der Waals surface area contributed by atoms with Crippen molar-refractivity contribution < 1.29 is 37.3 Å². The van der Waals surface area contributed by atoms with E-state index in [2.05, 4.69) is 0 Å². The molecule has 34 heavy (non-hydrogen) atoms. The number of aliphatic hydroxyl groups is 1. The van der Waals surface area contributed by atoms with Crippen molar-refractivity contribution in [1.82, 2.24) is 4.31 Å². The third kappa shape index (κ3) is 6.65. The molecule has 0 saturated carbocycles. The zero-order valence-corrected chi connectivity index (χ0v) is 20.9. The molecule has 0 saturated heterocycles. The van der Waals surface area contributed by atoms with Gasteiger partial charge in [-0.3, -0.25) is 9.59 Å². The van der Waals surface area contributed by atoms with Gasteiger partial charge in [-0.15, -0.1) is 0 Å². The van der Waals surface area contributed by atoms with Crippen molar-refractivity contribution in [1.29, 1.82) is 0 Å². The van der Waals surface area contributed by atoms with Gasteiger partial charge in [-0.05, 0) is 51.2 Å². The fraction of sp³-hybridized carbons (Fsp3) is 0.583. The molecular formula is C24H35NO8S. The number of nitrogens with zero attached hydrogens (tertiary/aromatic N) is 1. The van der Waals surface area contributed by atoms with Crippen molar-refractivity contribution in [3.63, 3.8) is 0 Å². The molecule has 1 N–H and O–H groups in total. The van der Waals surface area contributed by atoms with Crippen LogP contribution in [0.5, 0.6) is 0 Å². The molecule has 1 heterocycles. The van der Waals surface area contributed by atoms with Gasteiger partial charge >= 0.3 is 11.9 Å². The Morgan fingerprint density at radius 1 is 1.12 bits per heavy atom. The van der Waals surface area contributed by atoms with E-state index < -0.39 is 33.4 Å². The van der Waals surface area contributed by atoms with Crippen LogP contribution in [0, 0.1) is 12.3 Å². The second-order valence-corrected chi connectivity index (χ2v) is 10.2. The Kier molecular flexibility index (Phi) is 10.7. The van der Waals surface area contributed by atoms with E-state index >= 15 is 0 Å². The van der Waals surface area contributed by atoms with Crippen LogP contribution < -0.4 is 0 Å². The molecule has 10 heteroatoms. The van der Waals surface area contributed by atoms with Gasteiger partial charge in [0.25, 0.3) is 0 Å². The number of allylic oxidation sites excluding steroid dienone is 1. The van der Waals surface area contributed by atoms with Gasteiger partial charge in [0.15, 0.2) is 5.41 Å². The number of ether oxygens (including phenoxy) is 3. The molecule has 0 aromatic heterocycles. The van der Waals surface area contributed by atoms with E-state index in [0.29, 0.717) is 19.3 Å². The van der Waals surface area contributed by atoms with Crippen molar-refractivity contribution in [2.45, 2.75) is 50.0 Å². The van der Waals surface area contributed by atoms with E-state index in [1.165, 1.54) is 18.5 Å². The Hall–Kier alpha value is -2.27. The SMILES string of the molecule is COC(=O)C1(C(=O)OC)C/C=C/CCN(S(=O)(=O)c2ccc(C)cc2)C(CO)COCCCC1. The van der Waals surface area contributed by atoms with E-state index in [1.54, 1.807) is 36.4 Å². The predicted molar refractivity (Wildman–Crippen MR) is 125 cm³/mol. The largest absolute Gasteiger partial charge is 0.468 e. The molecule has 0 spiro atoms. The molecule has 2 rings (SSSR count). The molecule has 1 aromatic carbocycles. The lowest BCUT2D eigenvalue weighted by Gasteiger charge is -2.30. The van der Waals surface area contributed by atoms with Gasteiger partial charge < -0.3 is 19.3 Å². The minimum atomic E-state index is -3.89. The lowest BCUT2D eigenvalue weighted by molar-refractivity contribution is -0.169. The summed E-state index contributed by atoms with van der Waals surface area (Å²) in [5, 5.41) is 9.96. The van der Waals surface area contributed by atoms with Crippen LogP contribution in [0.1, 0.15) is 37.7 Å². The molecular weight excluding hydrogens is 462 g/mol. The second-order valence-electron chi connectivity index (χ2n) is 8.33. The molecule has 0 aliphatic carbocycles.